The van der Waals surface area contributed by atoms with Crippen molar-refractivity contribution in [3.8, 4) is 0 Å². The minimum absolute atomic E-state index is 0. The number of benzene rings is 1. The molecule has 1 N–H and O–H groups in total. The van der Waals surface area contributed by atoms with Crippen molar-refractivity contribution in [1.82, 2.24) is 0 Å². The highest BCUT2D eigenvalue weighted by molar-refractivity contribution is 7.85. The standard InChI is InChI=1S/C7H8O4S.Al/c8-5-6-3-1-2-4-7(6)12(9,10)11;/h1-4,8H,5H2,(H,9,10,11);/p-1. The Hall–Kier alpha value is -0.378. The molecule has 0 heterocycles. The van der Waals surface area contributed by atoms with E-state index in [9.17, 15) is 13.0 Å². The highest BCUT2D eigenvalue weighted by atomic mass is 32.2. The number of aliphatic hydroxyl groups is 1. The average molecular weight is 214 g/mol. The molecule has 0 atom stereocenters. The molecule has 1 aromatic carbocycles. The predicted molar refractivity (Wildman–Crippen MR) is 46.1 cm³/mol. The molecule has 0 saturated heterocycles. The smallest absolute Gasteiger partial charge is 0.124 e. The van der Waals surface area contributed by atoms with E-state index in [0.29, 0.717) is 0 Å². The van der Waals surface area contributed by atoms with Crippen LogP contribution >= 0.6 is 0 Å². The van der Waals surface area contributed by atoms with Gasteiger partial charge in [-0.2, -0.15) is 0 Å². The van der Waals surface area contributed by atoms with Crippen LogP contribution in [-0.2, 0) is 16.7 Å². The molecule has 0 aliphatic rings. The molecule has 4 nitrogen and oxygen atoms in total. The van der Waals surface area contributed by atoms with Crippen molar-refractivity contribution in [1.29, 1.82) is 0 Å². The molecule has 1 rings (SSSR count). The van der Waals surface area contributed by atoms with Crippen molar-refractivity contribution in [2.24, 2.45) is 0 Å². The van der Waals surface area contributed by atoms with Gasteiger partial charge in [-0.25, -0.2) is 8.42 Å². The van der Waals surface area contributed by atoms with E-state index in [1.807, 2.05) is 0 Å². The van der Waals surface area contributed by atoms with Crippen LogP contribution in [0.5, 0.6) is 0 Å². The molecule has 0 aliphatic carbocycles. The summed E-state index contributed by atoms with van der Waals surface area (Å²) >= 11 is 0. The molecule has 0 aliphatic heterocycles. The molecule has 0 fully saturated rings. The Kier molecular flexibility index (Phi) is 4.61. The Labute approximate surface area is 87.1 Å². The molecule has 6 heteroatoms. The van der Waals surface area contributed by atoms with E-state index in [0.717, 1.165) is 0 Å². The fraction of sp³-hybridized carbons (Fsp3) is 0.143. The number of rotatable bonds is 2. The molecular formula is C7H7AlO4S-. The molecule has 0 unspecified atom stereocenters. The lowest BCUT2D eigenvalue weighted by Crippen LogP contribution is -2.02. The molecule has 69 valence electrons. The van der Waals surface area contributed by atoms with Gasteiger partial charge in [-0.3, -0.25) is 0 Å². The molecular weight excluding hydrogens is 207 g/mol. The van der Waals surface area contributed by atoms with E-state index in [1.165, 1.54) is 18.2 Å². The summed E-state index contributed by atoms with van der Waals surface area (Å²) in [6.07, 6.45) is 0. The van der Waals surface area contributed by atoms with Gasteiger partial charge in [-0.1, -0.05) is 18.2 Å². The van der Waals surface area contributed by atoms with Gasteiger partial charge in [-0.15, -0.1) is 0 Å². The predicted octanol–water partition coefficient (Wildman–Crippen LogP) is -0.298. The van der Waals surface area contributed by atoms with Crippen molar-refractivity contribution in [2.45, 2.75) is 11.5 Å². The first-order chi connectivity index (χ1) is 5.55. The van der Waals surface area contributed by atoms with Crippen LogP contribution in [0.3, 0.4) is 0 Å². The Bertz CT molecular complexity index is 374. The van der Waals surface area contributed by atoms with Crippen molar-refractivity contribution in [3.05, 3.63) is 29.8 Å². The van der Waals surface area contributed by atoms with Gasteiger partial charge in [0.15, 0.2) is 0 Å². The van der Waals surface area contributed by atoms with E-state index >= 15 is 0 Å². The van der Waals surface area contributed by atoms with E-state index in [1.54, 1.807) is 6.07 Å². The average Bonchev–Trinajstić information content (AvgIpc) is 2.03. The first kappa shape index (κ1) is 12.6. The monoisotopic (exact) mass is 214 g/mol. The van der Waals surface area contributed by atoms with Crippen LogP contribution in [0.15, 0.2) is 29.2 Å². The molecule has 0 saturated carbocycles. The van der Waals surface area contributed by atoms with Gasteiger partial charge in [0.2, 0.25) is 0 Å². The first-order valence-electron chi connectivity index (χ1n) is 3.20. The van der Waals surface area contributed by atoms with E-state index in [-0.39, 0.29) is 27.8 Å². The third-order valence-electron chi connectivity index (χ3n) is 1.41. The van der Waals surface area contributed by atoms with Crippen LogP contribution in [0, 0.1) is 0 Å². The zero-order valence-electron chi connectivity index (χ0n) is 6.67. The Balaban J connectivity index is 0.00000144. The highest BCUT2D eigenvalue weighted by Crippen LogP contribution is 2.13. The summed E-state index contributed by atoms with van der Waals surface area (Å²) in [5, 5.41) is 8.68. The van der Waals surface area contributed by atoms with Crippen LogP contribution in [0.25, 0.3) is 0 Å². The molecule has 0 amide bonds. The Morgan fingerprint density at radius 3 is 2.23 bits per heavy atom. The minimum atomic E-state index is -4.46. The number of hydrogen-bond donors (Lipinski definition) is 1. The number of hydrogen-bond acceptors (Lipinski definition) is 4. The largest absolute Gasteiger partial charge is 0.744 e. The summed E-state index contributed by atoms with van der Waals surface area (Å²) in [4.78, 5) is -0.354. The second-order valence-electron chi connectivity index (χ2n) is 2.22. The fourth-order valence-corrected chi connectivity index (χ4v) is 1.58. The summed E-state index contributed by atoms with van der Waals surface area (Å²) in [7, 11) is -4.46. The maximum atomic E-state index is 10.5. The number of aliphatic hydroxyl groups excluding tert-OH is 1. The molecule has 0 aromatic heterocycles. The van der Waals surface area contributed by atoms with Crippen molar-refractivity contribution < 1.29 is 18.1 Å². The van der Waals surface area contributed by atoms with Gasteiger partial charge < -0.3 is 9.66 Å². The quantitative estimate of drug-likeness (QED) is 0.541. The normalized spacial score (nSPS) is 10.6. The van der Waals surface area contributed by atoms with Crippen molar-refractivity contribution >= 4 is 27.5 Å². The zero-order chi connectivity index (χ0) is 9.19. The van der Waals surface area contributed by atoms with Crippen LogP contribution in [-0.4, -0.2) is 35.4 Å². The third-order valence-corrected chi connectivity index (χ3v) is 2.35. The molecule has 0 bridgehead atoms. The zero-order valence-corrected chi connectivity index (χ0v) is 8.65. The lowest BCUT2D eigenvalue weighted by Gasteiger charge is -2.10. The van der Waals surface area contributed by atoms with Gasteiger partial charge in [0, 0.05) is 17.4 Å². The Morgan fingerprint density at radius 1 is 1.31 bits per heavy atom. The third kappa shape index (κ3) is 3.10. The lowest BCUT2D eigenvalue weighted by molar-refractivity contribution is 0.278. The van der Waals surface area contributed by atoms with Crippen molar-refractivity contribution in [2.75, 3.05) is 0 Å². The summed E-state index contributed by atoms with van der Waals surface area (Å²) in [5.74, 6) is 0. The van der Waals surface area contributed by atoms with Gasteiger partial charge in [0.25, 0.3) is 0 Å². The van der Waals surface area contributed by atoms with E-state index in [2.05, 4.69) is 0 Å². The second kappa shape index (κ2) is 4.75. The van der Waals surface area contributed by atoms with E-state index in [4.69, 9.17) is 5.11 Å². The summed E-state index contributed by atoms with van der Waals surface area (Å²) in [6, 6.07) is 5.56. The van der Waals surface area contributed by atoms with Gasteiger partial charge in [0.05, 0.1) is 11.5 Å². The first-order valence-corrected chi connectivity index (χ1v) is 4.61. The molecule has 0 spiro atoms. The molecule has 3 radical (unpaired) electrons. The Morgan fingerprint density at radius 2 is 1.85 bits per heavy atom. The van der Waals surface area contributed by atoms with Crippen LogP contribution < -0.4 is 0 Å². The van der Waals surface area contributed by atoms with Gasteiger partial charge in [-0.05, 0) is 11.6 Å². The van der Waals surface area contributed by atoms with Gasteiger partial charge >= 0.3 is 0 Å². The highest BCUT2D eigenvalue weighted by Gasteiger charge is 2.05. The van der Waals surface area contributed by atoms with Crippen LogP contribution in [0.4, 0.5) is 0 Å². The van der Waals surface area contributed by atoms with Crippen LogP contribution in [0.1, 0.15) is 5.56 Å². The summed E-state index contributed by atoms with van der Waals surface area (Å²) < 4.78 is 31.6. The molecule has 13 heavy (non-hydrogen) atoms. The maximum Gasteiger partial charge on any atom is 0.124 e. The maximum absolute atomic E-state index is 10.5. The topological polar surface area (TPSA) is 77.4 Å². The SMILES string of the molecule is O=S(=O)([O-])c1ccccc1CO.[Al]. The minimum Gasteiger partial charge on any atom is -0.744 e. The van der Waals surface area contributed by atoms with Crippen LogP contribution in [0.2, 0.25) is 0 Å². The summed E-state index contributed by atoms with van der Waals surface area (Å²) in [5.41, 5.74) is 0.132. The molecule has 1 aromatic rings. The van der Waals surface area contributed by atoms with Gasteiger partial charge in [0.1, 0.15) is 10.1 Å². The summed E-state index contributed by atoms with van der Waals surface area (Å²) in [6.45, 7) is -0.447. The van der Waals surface area contributed by atoms with E-state index < -0.39 is 16.7 Å². The van der Waals surface area contributed by atoms with Crippen molar-refractivity contribution in [3.63, 3.8) is 0 Å². The second-order valence-corrected chi connectivity index (χ2v) is 3.57. The lowest BCUT2D eigenvalue weighted by atomic mass is 10.2. The fourth-order valence-electron chi connectivity index (χ4n) is 0.878.